The molecule has 0 spiro atoms. The van der Waals surface area contributed by atoms with Crippen molar-refractivity contribution in [3.05, 3.63) is 24.3 Å². The number of hydrogen-bond acceptors (Lipinski definition) is 2. The van der Waals surface area contributed by atoms with E-state index >= 15 is 0 Å². The smallest absolute Gasteiger partial charge is 0.160 e. The van der Waals surface area contributed by atoms with Crippen LogP contribution in [0, 0.1) is 0 Å². The third kappa shape index (κ3) is 1.94. The van der Waals surface area contributed by atoms with Crippen molar-refractivity contribution in [3.63, 3.8) is 0 Å². The van der Waals surface area contributed by atoms with E-state index in [1.807, 2.05) is 0 Å². The summed E-state index contributed by atoms with van der Waals surface area (Å²) in [6.45, 7) is 0. The van der Waals surface area contributed by atoms with Gasteiger partial charge in [-0.25, -0.2) is 0 Å². The summed E-state index contributed by atoms with van der Waals surface area (Å²) in [6, 6.07) is 6.84. The molecule has 0 aromatic heterocycles. The molecule has 0 saturated carbocycles. The summed E-state index contributed by atoms with van der Waals surface area (Å²) in [4.78, 5) is 0. The van der Waals surface area contributed by atoms with E-state index in [4.69, 9.17) is 9.84 Å². The predicted octanol–water partition coefficient (Wildman–Crippen LogP) is 1.40. The zero-order valence-electron chi connectivity index (χ0n) is 5.47. The van der Waals surface area contributed by atoms with Crippen LogP contribution >= 0.6 is 0 Å². The maximum absolute atomic E-state index is 8.99. The molecule has 0 amide bonds. The molecule has 2 nitrogen and oxygen atoms in total. The molecular formula is C7H8CuO2. The van der Waals surface area contributed by atoms with Gasteiger partial charge in [0.2, 0.25) is 0 Å². The Morgan fingerprint density at radius 2 is 1.90 bits per heavy atom. The van der Waals surface area contributed by atoms with Crippen molar-refractivity contribution in [1.29, 1.82) is 0 Å². The third-order valence-electron chi connectivity index (χ3n) is 1.09. The molecule has 1 radical (unpaired) electrons. The largest absolute Gasteiger partial charge is 0.504 e. The number of benzene rings is 1. The summed E-state index contributed by atoms with van der Waals surface area (Å²) in [5.41, 5.74) is 0. The third-order valence-corrected chi connectivity index (χ3v) is 1.09. The monoisotopic (exact) mass is 187 g/mol. The van der Waals surface area contributed by atoms with Crippen LogP contribution in [0.4, 0.5) is 0 Å². The van der Waals surface area contributed by atoms with Crippen molar-refractivity contribution in [3.8, 4) is 11.5 Å². The van der Waals surface area contributed by atoms with Crippen LogP contribution < -0.4 is 4.74 Å². The molecule has 0 saturated heterocycles. The molecule has 0 heterocycles. The van der Waals surface area contributed by atoms with E-state index in [0.717, 1.165) is 0 Å². The molecule has 0 unspecified atom stereocenters. The van der Waals surface area contributed by atoms with Gasteiger partial charge in [-0.1, -0.05) is 12.1 Å². The summed E-state index contributed by atoms with van der Waals surface area (Å²) in [6.07, 6.45) is 0. The van der Waals surface area contributed by atoms with Gasteiger partial charge in [0, 0.05) is 17.1 Å². The van der Waals surface area contributed by atoms with Gasteiger partial charge in [0.15, 0.2) is 11.5 Å². The average molecular weight is 188 g/mol. The summed E-state index contributed by atoms with van der Waals surface area (Å²) < 4.78 is 4.79. The summed E-state index contributed by atoms with van der Waals surface area (Å²) in [7, 11) is 1.52. The van der Waals surface area contributed by atoms with Crippen LogP contribution in [0.5, 0.6) is 11.5 Å². The van der Waals surface area contributed by atoms with E-state index < -0.39 is 0 Å². The molecule has 0 atom stereocenters. The van der Waals surface area contributed by atoms with E-state index in [9.17, 15) is 0 Å². The Morgan fingerprint density at radius 3 is 2.30 bits per heavy atom. The Hall–Kier alpha value is -0.661. The van der Waals surface area contributed by atoms with Gasteiger partial charge in [0.25, 0.3) is 0 Å². The number of ether oxygens (including phenoxy) is 1. The van der Waals surface area contributed by atoms with Gasteiger partial charge in [0.1, 0.15) is 0 Å². The molecule has 1 N–H and O–H groups in total. The first-order valence-corrected chi connectivity index (χ1v) is 2.66. The first-order valence-electron chi connectivity index (χ1n) is 2.66. The van der Waals surface area contributed by atoms with Crippen molar-refractivity contribution in [2.24, 2.45) is 0 Å². The van der Waals surface area contributed by atoms with E-state index in [1.165, 1.54) is 7.11 Å². The zero-order valence-corrected chi connectivity index (χ0v) is 6.41. The summed E-state index contributed by atoms with van der Waals surface area (Å²) >= 11 is 0. The van der Waals surface area contributed by atoms with Gasteiger partial charge >= 0.3 is 0 Å². The molecule has 3 heteroatoms. The second-order valence-electron chi connectivity index (χ2n) is 1.67. The number of methoxy groups -OCH3 is 1. The van der Waals surface area contributed by atoms with Gasteiger partial charge in [-0.2, -0.15) is 0 Å². The first-order chi connectivity index (χ1) is 4.34. The fourth-order valence-electron chi connectivity index (χ4n) is 0.630. The van der Waals surface area contributed by atoms with Crippen molar-refractivity contribution in [1.82, 2.24) is 0 Å². The topological polar surface area (TPSA) is 29.5 Å². The van der Waals surface area contributed by atoms with Gasteiger partial charge in [-0.15, -0.1) is 0 Å². The minimum Gasteiger partial charge on any atom is -0.504 e. The van der Waals surface area contributed by atoms with E-state index in [2.05, 4.69) is 0 Å². The van der Waals surface area contributed by atoms with Crippen LogP contribution in [-0.4, -0.2) is 12.2 Å². The second-order valence-corrected chi connectivity index (χ2v) is 1.67. The molecule has 10 heavy (non-hydrogen) atoms. The summed E-state index contributed by atoms with van der Waals surface area (Å²) in [5, 5.41) is 8.99. The molecule has 59 valence electrons. The van der Waals surface area contributed by atoms with Crippen LogP contribution in [-0.2, 0) is 17.1 Å². The van der Waals surface area contributed by atoms with Crippen molar-refractivity contribution >= 4 is 0 Å². The van der Waals surface area contributed by atoms with Gasteiger partial charge < -0.3 is 9.84 Å². The van der Waals surface area contributed by atoms with E-state index in [1.54, 1.807) is 24.3 Å². The molecular weight excluding hydrogens is 180 g/mol. The minimum absolute atomic E-state index is 0. The average Bonchev–Trinajstić information content (AvgIpc) is 1.89. The molecule has 0 aliphatic heterocycles. The molecule has 1 aromatic rings. The van der Waals surface area contributed by atoms with E-state index in [-0.39, 0.29) is 22.8 Å². The standard InChI is InChI=1S/C7H8O2.Cu/c1-9-7-5-3-2-4-6(7)8;/h2-5,8H,1H3;. The molecule has 0 aliphatic rings. The Kier molecular flexibility index (Phi) is 3.92. The number of aromatic hydroxyl groups is 1. The van der Waals surface area contributed by atoms with Crippen molar-refractivity contribution in [2.45, 2.75) is 0 Å². The van der Waals surface area contributed by atoms with Crippen molar-refractivity contribution < 1.29 is 26.9 Å². The number of phenols is 1. The Balaban J connectivity index is 0.000000810. The second kappa shape index (κ2) is 4.20. The number of hydrogen-bond donors (Lipinski definition) is 1. The van der Waals surface area contributed by atoms with Crippen LogP contribution in [0.3, 0.4) is 0 Å². The number of rotatable bonds is 1. The molecule has 1 aromatic carbocycles. The van der Waals surface area contributed by atoms with Crippen LogP contribution in [0.1, 0.15) is 0 Å². The van der Waals surface area contributed by atoms with Gasteiger partial charge in [-0.05, 0) is 12.1 Å². The molecule has 0 bridgehead atoms. The van der Waals surface area contributed by atoms with E-state index in [0.29, 0.717) is 5.75 Å². The Bertz CT molecular complexity index is 201. The zero-order chi connectivity index (χ0) is 6.69. The van der Waals surface area contributed by atoms with Crippen LogP contribution in [0.15, 0.2) is 24.3 Å². The van der Waals surface area contributed by atoms with Crippen LogP contribution in [0.2, 0.25) is 0 Å². The van der Waals surface area contributed by atoms with Gasteiger partial charge in [-0.3, -0.25) is 0 Å². The number of para-hydroxylation sites is 2. The minimum atomic E-state index is 0. The number of phenolic OH excluding ortho intramolecular Hbond substituents is 1. The fourth-order valence-corrected chi connectivity index (χ4v) is 0.630. The first kappa shape index (κ1) is 9.34. The fraction of sp³-hybridized carbons (Fsp3) is 0.143. The maximum Gasteiger partial charge on any atom is 0.160 e. The Morgan fingerprint density at radius 1 is 1.30 bits per heavy atom. The Labute approximate surface area is 70.3 Å². The molecule has 0 fully saturated rings. The predicted molar refractivity (Wildman–Crippen MR) is 34.7 cm³/mol. The maximum atomic E-state index is 8.99. The summed E-state index contributed by atoms with van der Waals surface area (Å²) in [5.74, 6) is 0.692. The van der Waals surface area contributed by atoms with Gasteiger partial charge in [0.05, 0.1) is 7.11 Å². The van der Waals surface area contributed by atoms with Crippen molar-refractivity contribution in [2.75, 3.05) is 7.11 Å². The van der Waals surface area contributed by atoms with Crippen LogP contribution in [0.25, 0.3) is 0 Å². The molecule has 1 rings (SSSR count). The molecule has 0 aliphatic carbocycles. The SMILES string of the molecule is COc1ccccc1O.[Cu]. The normalized spacial score (nSPS) is 8.10. The quantitative estimate of drug-likeness (QED) is 0.674.